The van der Waals surface area contributed by atoms with E-state index in [9.17, 15) is 4.39 Å². The highest BCUT2D eigenvalue weighted by Crippen LogP contribution is 2.34. The largest absolute Gasteiger partial charge is 0.436 e. The average Bonchev–Trinajstić information content (AvgIpc) is 2.42. The maximum Gasteiger partial charge on any atom is 0.260 e. The highest BCUT2D eigenvalue weighted by atomic mass is 19.1. The van der Waals surface area contributed by atoms with Crippen LogP contribution in [0, 0.1) is 5.82 Å². The summed E-state index contributed by atoms with van der Waals surface area (Å²) in [7, 11) is 0. The number of rotatable bonds is 4. The van der Waals surface area contributed by atoms with Crippen molar-refractivity contribution in [3.8, 4) is 11.6 Å². The van der Waals surface area contributed by atoms with Gasteiger partial charge in [-0.25, -0.2) is 4.98 Å². The zero-order valence-corrected chi connectivity index (χ0v) is 12.8. The van der Waals surface area contributed by atoms with Crippen molar-refractivity contribution in [3.05, 3.63) is 41.8 Å². The maximum atomic E-state index is 13.8. The first-order chi connectivity index (χ1) is 9.91. The van der Waals surface area contributed by atoms with Gasteiger partial charge in [0.1, 0.15) is 5.75 Å². The number of para-hydroxylation sites is 1. The van der Waals surface area contributed by atoms with E-state index >= 15 is 0 Å². The van der Waals surface area contributed by atoms with Crippen LogP contribution in [0.25, 0.3) is 0 Å². The van der Waals surface area contributed by atoms with Crippen LogP contribution < -0.4 is 10.1 Å². The highest BCUT2D eigenvalue weighted by Gasteiger charge is 2.20. The molecule has 0 amide bonds. The van der Waals surface area contributed by atoms with E-state index in [4.69, 9.17) is 4.74 Å². The second-order valence-corrected chi connectivity index (χ2v) is 5.73. The van der Waals surface area contributed by atoms with E-state index in [1.165, 1.54) is 0 Å². The molecule has 0 aliphatic heterocycles. The predicted molar refractivity (Wildman–Crippen MR) is 81.4 cm³/mol. The molecule has 0 radical (unpaired) electrons. The van der Waals surface area contributed by atoms with Gasteiger partial charge in [0.2, 0.25) is 11.8 Å². The molecule has 0 saturated heterocycles. The Morgan fingerprint density at radius 2 is 1.95 bits per heavy atom. The smallest absolute Gasteiger partial charge is 0.260 e. The molecule has 4 nitrogen and oxygen atoms in total. The third-order valence-corrected chi connectivity index (χ3v) is 2.95. The van der Waals surface area contributed by atoms with Crippen LogP contribution in [0.3, 0.4) is 0 Å². The van der Waals surface area contributed by atoms with E-state index < -0.39 is 5.82 Å². The highest BCUT2D eigenvalue weighted by molar-refractivity contribution is 5.41. The summed E-state index contributed by atoms with van der Waals surface area (Å²) in [5.74, 6) is 0.296. The van der Waals surface area contributed by atoms with Gasteiger partial charge in [-0.1, -0.05) is 39.0 Å². The van der Waals surface area contributed by atoms with Gasteiger partial charge in [0.25, 0.3) is 5.88 Å². The molecule has 0 atom stereocenters. The molecule has 1 aromatic heterocycles. The van der Waals surface area contributed by atoms with E-state index in [1.54, 1.807) is 0 Å². The number of aromatic nitrogens is 2. The van der Waals surface area contributed by atoms with Crippen LogP contribution in [0.5, 0.6) is 11.6 Å². The molecule has 0 fully saturated rings. The Morgan fingerprint density at radius 1 is 1.24 bits per heavy atom. The summed E-state index contributed by atoms with van der Waals surface area (Å²) in [6, 6.07) is 7.58. The van der Waals surface area contributed by atoms with Gasteiger partial charge in [-0.2, -0.15) is 9.37 Å². The molecule has 2 rings (SSSR count). The Labute approximate surface area is 124 Å². The molecule has 1 aromatic carbocycles. The van der Waals surface area contributed by atoms with Gasteiger partial charge in [-0.05, 0) is 18.4 Å². The van der Waals surface area contributed by atoms with Crippen LogP contribution in [-0.2, 0) is 5.41 Å². The lowest BCUT2D eigenvalue weighted by Gasteiger charge is -2.22. The summed E-state index contributed by atoms with van der Waals surface area (Å²) >= 11 is 0. The predicted octanol–water partition coefficient (Wildman–Crippen LogP) is 4.14. The maximum absolute atomic E-state index is 13.8. The molecule has 5 heteroatoms. The van der Waals surface area contributed by atoms with Crippen molar-refractivity contribution < 1.29 is 9.13 Å². The molecular weight excluding hydrogens is 269 g/mol. The van der Waals surface area contributed by atoms with Gasteiger partial charge in [0, 0.05) is 12.1 Å². The molecule has 112 valence electrons. The fraction of sp³-hybridized carbons (Fsp3) is 0.375. The van der Waals surface area contributed by atoms with Crippen molar-refractivity contribution in [2.75, 3.05) is 11.9 Å². The number of halogens is 1. The minimum Gasteiger partial charge on any atom is -0.436 e. The van der Waals surface area contributed by atoms with Crippen LogP contribution in [0.15, 0.2) is 30.5 Å². The lowest BCUT2D eigenvalue weighted by atomic mass is 9.86. The average molecular weight is 289 g/mol. The zero-order valence-electron chi connectivity index (χ0n) is 12.8. The third kappa shape index (κ3) is 3.68. The van der Waals surface area contributed by atoms with Gasteiger partial charge in [0.05, 0.1) is 6.20 Å². The number of benzene rings is 1. The SMILES string of the molecule is CCNc1ncc(F)c(Oc2ccccc2C(C)(C)C)n1. The summed E-state index contributed by atoms with van der Waals surface area (Å²) in [6.07, 6.45) is 1.11. The number of nitrogens with zero attached hydrogens (tertiary/aromatic N) is 2. The normalized spacial score (nSPS) is 11.3. The molecule has 21 heavy (non-hydrogen) atoms. The Balaban J connectivity index is 2.36. The van der Waals surface area contributed by atoms with E-state index in [1.807, 2.05) is 31.2 Å². The van der Waals surface area contributed by atoms with Crippen molar-refractivity contribution in [3.63, 3.8) is 0 Å². The quantitative estimate of drug-likeness (QED) is 0.919. The summed E-state index contributed by atoms with van der Waals surface area (Å²) < 4.78 is 19.5. The number of hydrogen-bond acceptors (Lipinski definition) is 4. The minimum atomic E-state index is -0.583. The minimum absolute atomic E-state index is 0.0716. The summed E-state index contributed by atoms with van der Waals surface area (Å²) in [5.41, 5.74) is 0.887. The fourth-order valence-corrected chi connectivity index (χ4v) is 1.95. The van der Waals surface area contributed by atoms with Gasteiger partial charge in [0.15, 0.2) is 0 Å². The number of hydrogen-bond donors (Lipinski definition) is 1. The summed E-state index contributed by atoms with van der Waals surface area (Å²) in [4.78, 5) is 7.93. The van der Waals surface area contributed by atoms with E-state index in [0.29, 0.717) is 18.2 Å². The monoisotopic (exact) mass is 289 g/mol. The Kier molecular flexibility index (Phi) is 4.40. The lowest BCUT2D eigenvalue weighted by molar-refractivity contribution is 0.406. The fourth-order valence-electron chi connectivity index (χ4n) is 1.95. The first-order valence-corrected chi connectivity index (χ1v) is 6.95. The molecule has 0 bridgehead atoms. The summed E-state index contributed by atoms with van der Waals surface area (Å²) in [6.45, 7) is 8.81. The molecule has 0 unspecified atom stereocenters. The van der Waals surface area contributed by atoms with E-state index in [2.05, 4.69) is 36.1 Å². The topological polar surface area (TPSA) is 47.0 Å². The van der Waals surface area contributed by atoms with Crippen molar-refractivity contribution in [1.29, 1.82) is 0 Å². The molecule has 1 heterocycles. The van der Waals surface area contributed by atoms with Crippen molar-refractivity contribution in [1.82, 2.24) is 9.97 Å². The molecular formula is C16H20FN3O. The van der Waals surface area contributed by atoms with Crippen LogP contribution in [0.1, 0.15) is 33.3 Å². The van der Waals surface area contributed by atoms with Crippen LogP contribution in [-0.4, -0.2) is 16.5 Å². The Hall–Kier alpha value is -2.17. The van der Waals surface area contributed by atoms with Crippen molar-refractivity contribution in [2.24, 2.45) is 0 Å². The van der Waals surface area contributed by atoms with Crippen LogP contribution in [0.2, 0.25) is 0 Å². The first-order valence-electron chi connectivity index (χ1n) is 6.95. The molecule has 0 spiro atoms. The third-order valence-electron chi connectivity index (χ3n) is 2.95. The summed E-state index contributed by atoms with van der Waals surface area (Å²) in [5, 5.41) is 2.94. The van der Waals surface area contributed by atoms with E-state index in [0.717, 1.165) is 11.8 Å². The van der Waals surface area contributed by atoms with Crippen molar-refractivity contribution >= 4 is 5.95 Å². The second kappa shape index (κ2) is 6.08. The molecule has 0 aliphatic carbocycles. The second-order valence-electron chi connectivity index (χ2n) is 5.73. The Morgan fingerprint density at radius 3 is 2.62 bits per heavy atom. The zero-order chi connectivity index (χ0) is 15.5. The van der Waals surface area contributed by atoms with E-state index in [-0.39, 0.29) is 11.3 Å². The molecule has 0 saturated carbocycles. The molecule has 0 aliphatic rings. The van der Waals surface area contributed by atoms with Crippen LogP contribution in [0.4, 0.5) is 10.3 Å². The number of ether oxygens (including phenoxy) is 1. The Bertz CT molecular complexity index is 623. The van der Waals surface area contributed by atoms with Gasteiger partial charge in [-0.3, -0.25) is 0 Å². The van der Waals surface area contributed by atoms with Gasteiger partial charge >= 0.3 is 0 Å². The number of anilines is 1. The van der Waals surface area contributed by atoms with Crippen molar-refractivity contribution in [2.45, 2.75) is 33.1 Å². The lowest BCUT2D eigenvalue weighted by Crippen LogP contribution is -2.13. The molecule has 1 N–H and O–H groups in total. The van der Waals surface area contributed by atoms with Crippen LogP contribution >= 0.6 is 0 Å². The molecule has 2 aromatic rings. The first kappa shape index (κ1) is 15.2. The van der Waals surface area contributed by atoms with Gasteiger partial charge < -0.3 is 10.1 Å². The standard InChI is InChI=1S/C16H20FN3O/c1-5-18-15-19-10-12(17)14(20-15)21-13-9-7-6-8-11(13)16(2,3)4/h6-10H,5H2,1-4H3,(H,18,19,20). The number of nitrogens with one attached hydrogen (secondary N) is 1. The van der Waals surface area contributed by atoms with Gasteiger partial charge in [-0.15, -0.1) is 0 Å².